The van der Waals surface area contributed by atoms with E-state index in [0.29, 0.717) is 0 Å². The van der Waals surface area contributed by atoms with Crippen LogP contribution in [0.5, 0.6) is 0 Å². The maximum Gasteiger partial charge on any atom is 0.0165 e. The normalized spacial score (nSPS) is 12.1. The Balaban J connectivity index is 3.80. The number of nitrogens with zero attached hydrogens (tertiary/aromatic N) is 1. The molecule has 0 amide bonds. The highest BCUT2D eigenvalue weighted by Crippen LogP contribution is 2.13. The van der Waals surface area contributed by atoms with E-state index in [2.05, 4.69) is 37.6 Å². The van der Waals surface area contributed by atoms with E-state index in [9.17, 15) is 0 Å². The third-order valence-electron chi connectivity index (χ3n) is 2.40. The van der Waals surface area contributed by atoms with Gasteiger partial charge >= 0.3 is 0 Å². The van der Waals surface area contributed by atoms with Crippen LogP contribution in [-0.2, 0) is 0 Å². The average molecular weight is 198 g/mol. The van der Waals surface area contributed by atoms with Crippen LogP contribution in [0.25, 0.3) is 0 Å². The van der Waals surface area contributed by atoms with Crippen LogP contribution in [0.3, 0.4) is 0 Å². The molecule has 2 nitrogen and oxygen atoms in total. The van der Waals surface area contributed by atoms with Crippen LogP contribution >= 0.6 is 0 Å². The molecule has 0 radical (unpaired) electrons. The minimum atomic E-state index is 0.258. The third kappa shape index (κ3) is 6.17. The summed E-state index contributed by atoms with van der Waals surface area (Å²) in [5, 5.41) is 3.17. The topological polar surface area (TPSA) is 15.3 Å². The summed E-state index contributed by atoms with van der Waals surface area (Å²) in [5.41, 5.74) is 0.258. The van der Waals surface area contributed by atoms with Crippen molar-refractivity contribution in [3.8, 4) is 0 Å². The molecule has 0 saturated heterocycles. The fourth-order valence-corrected chi connectivity index (χ4v) is 1.46. The first-order valence-electron chi connectivity index (χ1n) is 5.53. The first kappa shape index (κ1) is 13.7. The van der Waals surface area contributed by atoms with Crippen molar-refractivity contribution in [3.63, 3.8) is 0 Å². The lowest BCUT2D eigenvalue weighted by Crippen LogP contribution is -2.42. The molecule has 0 aromatic rings. The molecular formula is C12H26N2. The van der Waals surface area contributed by atoms with Crippen molar-refractivity contribution < 1.29 is 0 Å². The van der Waals surface area contributed by atoms with Crippen molar-refractivity contribution in [2.75, 3.05) is 26.7 Å². The van der Waals surface area contributed by atoms with Gasteiger partial charge in [-0.05, 0) is 53.8 Å². The van der Waals surface area contributed by atoms with Gasteiger partial charge in [-0.2, -0.15) is 0 Å². The Kier molecular flexibility index (Phi) is 6.85. The monoisotopic (exact) mass is 198 g/mol. The summed E-state index contributed by atoms with van der Waals surface area (Å²) in [6.45, 7) is 13.9. The van der Waals surface area contributed by atoms with E-state index in [4.69, 9.17) is 0 Å². The molecule has 0 spiro atoms. The molecule has 1 N–H and O–H groups in total. The van der Waals surface area contributed by atoms with Gasteiger partial charge in [0.2, 0.25) is 0 Å². The zero-order valence-electron chi connectivity index (χ0n) is 10.3. The molecule has 84 valence electrons. The minimum absolute atomic E-state index is 0.258. The van der Waals surface area contributed by atoms with Gasteiger partial charge in [-0.15, -0.1) is 6.58 Å². The fraction of sp³-hybridized carbons (Fsp3) is 0.833. The SMILES string of the molecule is C=CCN(CCCCNC)C(C)(C)C. The first-order valence-corrected chi connectivity index (χ1v) is 5.53. The van der Waals surface area contributed by atoms with Crippen molar-refractivity contribution in [1.82, 2.24) is 10.2 Å². The van der Waals surface area contributed by atoms with E-state index in [1.54, 1.807) is 0 Å². The van der Waals surface area contributed by atoms with E-state index in [1.165, 1.54) is 12.8 Å². The number of unbranched alkanes of at least 4 members (excludes halogenated alkanes) is 1. The maximum absolute atomic E-state index is 3.80. The summed E-state index contributed by atoms with van der Waals surface area (Å²) in [7, 11) is 2.01. The molecule has 0 atom stereocenters. The molecule has 0 aliphatic rings. The van der Waals surface area contributed by atoms with Crippen LogP contribution in [0.15, 0.2) is 12.7 Å². The second-order valence-corrected chi connectivity index (χ2v) is 4.72. The second kappa shape index (κ2) is 7.02. The van der Waals surface area contributed by atoms with Crippen molar-refractivity contribution in [2.24, 2.45) is 0 Å². The Morgan fingerprint density at radius 2 is 1.93 bits per heavy atom. The zero-order valence-corrected chi connectivity index (χ0v) is 10.3. The summed E-state index contributed by atoms with van der Waals surface area (Å²) >= 11 is 0. The molecule has 0 unspecified atom stereocenters. The van der Waals surface area contributed by atoms with Crippen LogP contribution in [0.4, 0.5) is 0 Å². The van der Waals surface area contributed by atoms with Gasteiger partial charge in [0.25, 0.3) is 0 Å². The van der Waals surface area contributed by atoms with Gasteiger partial charge in [0.15, 0.2) is 0 Å². The molecule has 2 heteroatoms. The molecule has 0 heterocycles. The molecule has 0 aliphatic heterocycles. The van der Waals surface area contributed by atoms with Crippen LogP contribution in [0, 0.1) is 0 Å². The largest absolute Gasteiger partial charge is 0.320 e. The lowest BCUT2D eigenvalue weighted by atomic mass is 10.1. The molecule has 0 aliphatic carbocycles. The smallest absolute Gasteiger partial charge is 0.0165 e. The van der Waals surface area contributed by atoms with Crippen LogP contribution in [0.2, 0.25) is 0 Å². The highest BCUT2D eigenvalue weighted by molar-refractivity contribution is 4.82. The average Bonchev–Trinajstić information content (AvgIpc) is 2.08. The molecule has 0 bridgehead atoms. The Morgan fingerprint density at radius 1 is 1.29 bits per heavy atom. The van der Waals surface area contributed by atoms with Crippen LogP contribution < -0.4 is 5.32 Å². The molecule has 0 fully saturated rings. The third-order valence-corrected chi connectivity index (χ3v) is 2.40. The van der Waals surface area contributed by atoms with Gasteiger partial charge in [0, 0.05) is 12.1 Å². The highest BCUT2D eigenvalue weighted by Gasteiger charge is 2.18. The van der Waals surface area contributed by atoms with Crippen molar-refractivity contribution in [2.45, 2.75) is 39.2 Å². The lowest BCUT2D eigenvalue weighted by Gasteiger charge is -2.34. The number of hydrogen-bond donors (Lipinski definition) is 1. The molecule has 14 heavy (non-hydrogen) atoms. The number of rotatable bonds is 7. The van der Waals surface area contributed by atoms with E-state index in [-0.39, 0.29) is 5.54 Å². The van der Waals surface area contributed by atoms with Crippen molar-refractivity contribution in [1.29, 1.82) is 0 Å². The molecule has 0 rings (SSSR count). The molecule has 0 saturated carbocycles. The van der Waals surface area contributed by atoms with Crippen LogP contribution in [-0.4, -0.2) is 37.1 Å². The van der Waals surface area contributed by atoms with Gasteiger partial charge in [-0.1, -0.05) is 6.08 Å². The second-order valence-electron chi connectivity index (χ2n) is 4.72. The van der Waals surface area contributed by atoms with Gasteiger partial charge in [-0.25, -0.2) is 0 Å². The zero-order chi connectivity index (χ0) is 11.0. The fourth-order valence-electron chi connectivity index (χ4n) is 1.46. The van der Waals surface area contributed by atoms with Crippen LogP contribution in [0.1, 0.15) is 33.6 Å². The minimum Gasteiger partial charge on any atom is -0.320 e. The van der Waals surface area contributed by atoms with Crippen molar-refractivity contribution >= 4 is 0 Å². The van der Waals surface area contributed by atoms with Gasteiger partial charge in [-0.3, -0.25) is 4.90 Å². The molecule has 0 aromatic carbocycles. The van der Waals surface area contributed by atoms with E-state index < -0.39 is 0 Å². The Hall–Kier alpha value is -0.340. The molecular weight excluding hydrogens is 172 g/mol. The van der Waals surface area contributed by atoms with Crippen molar-refractivity contribution in [3.05, 3.63) is 12.7 Å². The van der Waals surface area contributed by atoms with E-state index in [0.717, 1.165) is 19.6 Å². The lowest BCUT2D eigenvalue weighted by molar-refractivity contribution is 0.151. The van der Waals surface area contributed by atoms with Gasteiger partial charge in [0.1, 0.15) is 0 Å². The van der Waals surface area contributed by atoms with E-state index >= 15 is 0 Å². The summed E-state index contributed by atoms with van der Waals surface area (Å²) in [5.74, 6) is 0. The quantitative estimate of drug-likeness (QED) is 0.499. The highest BCUT2D eigenvalue weighted by atomic mass is 15.2. The van der Waals surface area contributed by atoms with Gasteiger partial charge in [0.05, 0.1) is 0 Å². The molecule has 0 aromatic heterocycles. The van der Waals surface area contributed by atoms with E-state index in [1.807, 2.05) is 13.1 Å². The number of hydrogen-bond acceptors (Lipinski definition) is 2. The summed E-state index contributed by atoms with van der Waals surface area (Å²) in [6.07, 6.45) is 4.50. The summed E-state index contributed by atoms with van der Waals surface area (Å²) < 4.78 is 0. The predicted octanol–water partition coefficient (Wildman–Crippen LogP) is 2.27. The Bertz CT molecular complexity index is 147. The standard InChI is InChI=1S/C12H26N2/c1-6-10-14(12(2,3)4)11-8-7-9-13-5/h6,13H,1,7-11H2,2-5H3. The van der Waals surface area contributed by atoms with Gasteiger partial charge < -0.3 is 5.32 Å². The first-order chi connectivity index (χ1) is 6.52. The Morgan fingerprint density at radius 3 is 2.36 bits per heavy atom. The summed E-state index contributed by atoms with van der Waals surface area (Å²) in [4.78, 5) is 2.47. The number of nitrogens with one attached hydrogen (secondary N) is 1. The Labute approximate surface area is 89.4 Å². The predicted molar refractivity (Wildman–Crippen MR) is 64.7 cm³/mol. The summed E-state index contributed by atoms with van der Waals surface area (Å²) in [6, 6.07) is 0. The maximum atomic E-state index is 3.80.